The molecule has 1 aromatic carbocycles. The van der Waals surface area contributed by atoms with Gasteiger partial charge in [-0.25, -0.2) is 9.97 Å². The van der Waals surface area contributed by atoms with Gasteiger partial charge in [0.15, 0.2) is 0 Å². The number of hydrogen-bond acceptors (Lipinski definition) is 6. The molecule has 0 spiro atoms. The number of nitrogen functional groups attached to an aromatic ring is 1. The SMILES string of the molecule is Nc1ncnc2c1c(-c1cccc(OCC34CCC(CC3)O4)c1)cn2[C@H]1CC[C@H](CO)CC1. The number of anilines is 1. The van der Waals surface area contributed by atoms with Gasteiger partial charge in [0.1, 0.15) is 35.7 Å². The lowest BCUT2D eigenvalue weighted by molar-refractivity contribution is -0.0198. The molecular formula is C26H32N4O3. The molecule has 2 aliphatic heterocycles. The molecule has 0 unspecified atom stereocenters. The summed E-state index contributed by atoms with van der Waals surface area (Å²) in [5.74, 6) is 1.76. The molecule has 1 saturated carbocycles. The minimum Gasteiger partial charge on any atom is -0.491 e. The van der Waals surface area contributed by atoms with E-state index >= 15 is 0 Å². The number of aliphatic hydroxyl groups excluding tert-OH is 1. The predicted octanol–water partition coefficient (Wildman–Crippen LogP) is 4.49. The Morgan fingerprint density at radius 1 is 1.12 bits per heavy atom. The highest BCUT2D eigenvalue weighted by Gasteiger charge is 2.46. The van der Waals surface area contributed by atoms with Crippen LogP contribution in [0.25, 0.3) is 22.2 Å². The lowest BCUT2D eigenvalue weighted by atomic mass is 9.86. The van der Waals surface area contributed by atoms with Crippen LogP contribution in [0.1, 0.15) is 57.4 Å². The summed E-state index contributed by atoms with van der Waals surface area (Å²) in [5.41, 5.74) is 9.23. The maximum atomic E-state index is 9.52. The van der Waals surface area contributed by atoms with Crippen LogP contribution >= 0.6 is 0 Å². The zero-order valence-corrected chi connectivity index (χ0v) is 18.9. The van der Waals surface area contributed by atoms with E-state index in [1.165, 1.54) is 0 Å². The van der Waals surface area contributed by atoms with Crippen molar-refractivity contribution in [2.75, 3.05) is 18.9 Å². The zero-order chi connectivity index (χ0) is 22.4. The molecule has 3 aliphatic rings. The second-order valence-corrected chi connectivity index (χ2v) is 10.1. The normalized spacial score (nSPS) is 29.1. The van der Waals surface area contributed by atoms with E-state index in [1.807, 2.05) is 12.1 Å². The van der Waals surface area contributed by atoms with Crippen LogP contribution in [0.3, 0.4) is 0 Å². The fourth-order valence-corrected chi connectivity index (χ4v) is 6.06. The van der Waals surface area contributed by atoms with Gasteiger partial charge >= 0.3 is 0 Å². The summed E-state index contributed by atoms with van der Waals surface area (Å²) in [6.45, 7) is 0.882. The van der Waals surface area contributed by atoms with Crippen LogP contribution in [0.5, 0.6) is 5.75 Å². The Hall–Kier alpha value is -2.64. The molecule has 6 rings (SSSR count). The van der Waals surface area contributed by atoms with Crippen LogP contribution in [0.4, 0.5) is 5.82 Å². The van der Waals surface area contributed by atoms with Gasteiger partial charge in [-0.1, -0.05) is 12.1 Å². The molecule has 174 valence electrons. The van der Waals surface area contributed by atoms with E-state index in [0.29, 0.717) is 30.5 Å². The van der Waals surface area contributed by atoms with E-state index in [0.717, 1.165) is 79.3 Å². The zero-order valence-electron chi connectivity index (χ0n) is 18.9. The lowest BCUT2D eigenvalue weighted by Gasteiger charge is -2.28. The van der Waals surface area contributed by atoms with Crippen LogP contribution in [0.15, 0.2) is 36.8 Å². The van der Waals surface area contributed by atoms with Crippen molar-refractivity contribution in [2.24, 2.45) is 5.92 Å². The fraction of sp³-hybridized carbons (Fsp3) is 0.538. The Kier molecular flexibility index (Phi) is 5.26. The number of nitrogens with zero attached hydrogens (tertiary/aromatic N) is 3. The predicted molar refractivity (Wildman–Crippen MR) is 127 cm³/mol. The van der Waals surface area contributed by atoms with Gasteiger partial charge in [0.05, 0.1) is 11.5 Å². The number of nitrogens with two attached hydrogens (primary N) is 1. The quantitative estimate of drug-likeness (QED) is 0.577. The summed E-state index contributed by atoms with van der Waals surface area (Å²) in [4.78, 5) is 8.90. The molecular weight excluding hydrogens is 416 g/mol. The number of hydrogen-bond donors (Lipinski definition) is 2. The Balaban J connectivity index is 1.31. The van der Waals surface area contributed by atoms with Gasteiger partial charge in [-0.3, -0.25) is 0 Å². The Morgan fingerprint density at radius 2 is 1.94 bits per heavy atom. The van der Waals surface area contributed by atoms with Crippen molar-refractivity contribution in [3.63, 3.8) is 0 Å². The summed E-state index contributed by atoms with van der Waals surface area (Å²) < 4.78 is 14.7. The highest BCUT2D eigenvalue weighted by atomic mass is 16.6. The number of aliphatic hydroxyl groups is 1. The summed E-state index contributed by atoms with van der Waals surface area (Å²) >= 11 is 0. The second-order valence-electron chi connectivity index (χ2n) is 10.1. The third-order valence-corrected chi connectivity index (χ3v) is 8.01. The smallest absolute Gasteiger partial charge is 0.146 e. The molecule has 0 amide bonds. The number of ether oxygens (including phenoxy) is 2. The summed E-state index contributed by atoms with van der Waals surface area (Å²) in [6, 6.07) is 8.58. The molecule has 7 heteroatoms. The number of benzene rings is 1. The molecule has 2 bridgehead atoms. The number of rotatable bonds is 6. The molecule has 2 saturated heterocycles. The maximum Gasteiger partial charge on any atom is 0.146 e. The first kappa shape index (κ1) is 20.9. The standard InChI is InChI=1S/C26H32N4O3/c27-24-23-22(13-30(25(23)29-16-28-24)19-6-4-17(14-31)5-7-19)18-2-1-3-21(12-18)32-15-26-10-8-20(33-26)9-11-26/h1-3,12-13,16-17,19-20,31H,4-11,14-15H2,(H2,27,28,29)/t17-,19-,20?,26?. The highest BCUT2D eigenvalue weighted by molar-refractivity contribution is 6.00. The van der Waals surface area contributed by atoms with Gasteiger partial charge in [0.25, 0.3) is 0 Å². The van der Waals surface area contributed by atoms with Gasteiger partial charge in [0, 0.05) is 24.4 Å². The van der Waals surface area contributed by atoms with E-state index < -0.39 is 0 Å². The average Bonchev–Trinajstić information content (AvgIpc) is 3.57. The van der Waals surface area contributed by atoms with Gasteiger partial charge < -0.3 is 24.9 Å². The van der Waals surface area contributed by atoms with Crippen molar-refractivity contribution < 1.29 is 14.6 Å². The molecule has 1 aliphatic carbocycles. The van der Waals surface area contributed by atoms with Crippen molar-refractivity contribution in [1.82, 2.24) is 14.5 Å². The van der Waals surface area contributed by atoms with Gasteiger partial charge in [-0.2, -0.15) is 0 Å². The van der Waals surface area contributed by atoms with Crippen molar-refractivity contribution >= 4 is 16.9 Å². The first-order valence-electron chi connectivity index (χ1n) is 12.3. The van der Waals surface area contributed by atoms with E-state index in [-0.39, 0.29) is 12.2 Å². The van der Waals surface area contributed by atoms with E-state index in [4.69, 9.17) is 15.2 Å². The number of fused-ring (bicyclic) bond motifs is 3. The molecule has 0 atom stereocenters. The highest BCUT2D eigenvalue weighted by Crippen LogP contribution is 2.44. The molecule has 3 N–H and O–H groups in total. The van der Waals surface area contributed by atoms with Gasteiger partial charge in [-0.15, -0.1) is 0 Å². The van der Waals surface area contributed by atoms with Crippen LogP contribution in [-0.2, 0) is 4.74 Å². The Morgan fingerprint density at radius 3 is 2.67 bits per heavy atom. The van der Waals surface area contributed by atoms with E-state index in [1.54, 1.807) is 6.33 Å². The van der Waals surface area contributed by atoms with Crippen LogP contribution in [0.2, 0.25) is 0 Å². The van der Waals surface area contributed by atoms with E-state index in [9.17, 15) is 5.11 Å². The van der Waals surface area contributed by atoms with Crippen LogP contribution in [-0.4, -0.2) is 44.6 Å². The lowest BCUT2D eigenvalue weighted by Crippen LogP contribution is -2.32. The minimum atomic E-state index is -0.0949. The fourth-order valence-electron chi connectivity index (χ4n) is 6.06. The molecule has 7 nitrogen and oxygen atoms in total. The minimum absolute atomic E-state index is 0.0949. The van der Waals surface area contributed by atoms with Gasteiger partial charge in [-0.05, 0) is 75.0 Å². The van der Waals surface area contributed by atoms with Crippen molar-refractivity contribution in [3.8, 4) is 16.9 Å². The molecule has 2 aromatic heterocycles. The van der Waals surface area contributed by atoms with Crippen molar-refractivity contribution in [2.45, 2.75) is 69.1 Å². The molecule has 4 heterocycles. The summed E-state index contributed by atoms with van der Waals surface area (Å²) in [6.07, 6.45) is 12.8. The Labute approximate surface area is 193 Å². The molecule has 3 fully saturated rings. The first-order valence-corrected chi connectivity index (χ1v) is 12.3. The van der Waals surface area contributed by atoms with Crippen molar-refractivity contribution in [1.29, 1.82) is 0 Å². The second kappa shape index (κ2) is 8.29. The third-order valence-electron chi connectivity index (χ3n) is 8.01. The molecule has 0 radical (unpaired) electrons. The monoisotopic (exact) mass is 448 g/mol. The average molecular weight is 449 g/mol. The van der Waals surface area contributed by atoms with Crippen LogP contribution in [0, 0.1) is 5.92 Å². The van der Waals surface area contributed by atoms with Crippen LogP contribution < -0.4 is 10.5 Å². The molecule has 3 aromatic rings. The first-order chi connectivity index (χ1) is 16.1. The number of aromatic nitrogens is 3. The Bertz CT molecular complexity index is 1140. The van der Waals surface area contributed by atoms with E-state index in [2.05, 4.69) is 32.9 Å². The molecule has 33 heavy (non-hydrogen) atoms. The topological polar surface area (TPSA) is 95.4 Å². The van der Waals surface area contributed by atoms with Crippen molar-refractivity contribution in [3.05, 3.63) is 36.8 Å². The summed E-state index contributed by atoms with van der Waals surface area (Å²) in [7, 11) is 0. The maximum absolute atomic E-state index is 9.52. The van der Waals surface area contributed by atoms with Gasteiger partial charge in [0.2, 0.25) is 0 Å². The summed E-state index contributed by atoms with van der Waals surface area (Å²) in [5, 5.41) is 10.4. The third kappa shape index (κ3) is 3.77. The largest absolute Gasteiger partial charge is 0.491 e.